The standard InChI is InChI=1S/C19H24OSi2.C6H6.CO.Ru/c1-19(2)13-9-7-11-15(21(3)4)17(13)20-18-14(19)10-8-12-16(18)22(5)6;1-2-4-6-5-3-1;1-2;/h7-12H,1-6H3;1-6H;;. The Morgan fingerprint density at radius 1 is 0.645 bits per heavy atom. The van der Waals surface area contributed by atoms with E-state index in [1.807, 2.05) is 36.4 Å². The fourth-order valence-corrected chi connectivity index (χ4v) is 5.84. The van der Waals surface area contributed by atoms with E-state index in [-0.39, 0.29) is 24.9 Å². The molecule has 4 rings (SSSR count). The molecule has 5 heteroatoms. The maximum atomic E-state index is 7.50. The number of hydrogen-bond donors (Lipinski definition) is 0. The van der Waals surface area contributed by atoms with E-state index in [4.69, 9.17) is 9.39 Å². The number of hydrogen-bond acceptors (Lipinski definition) is 1. The summed E-state index contributed by atoms with van der Waals surface area (Å²) in [5, 5.41) is 2.83. The zero-order chi connectivity index (χ0) is 22.3. The van der Waals surface area contributed by atoms with Crippen LogP contribution in [0.3, 0.4) is 0 Å². The molecule has 0 spiro atoms. The van der Waals surface area contributed by atoms with Gasteiger partial charge in [0, 0.05) is 36.0 Å². The molecule has 0 N–H and O–H groups in total. The van der Waals surface area contributed by atoms with Gasteiger partial charge < -0.3 is 4.74 Å². The predicted molar refractivity (Wildman–Crippen MR) is 130 cm³/mol. The van der Waals surface area contributed by atoms with Gasteiger partial charge in [0.1, 0.15) is 11.5 Å². The van der Waals surface area contributed by atoms with Crippen LogP contribution in [0, 0.1) is 6.65 Å². The first-order valence-corrected chi connectivity index (χ1v) is 15.1. The molecule has 31 heavy (non-hydrogen) atoms. The quantitative estimate of drug-likeness (QED) is 0.237. The normalized spacial score (nSPS) is 12.6. The molecule has 1 aliphatic rings. The van der Waals surface area contributed by atoms with Crippen molar-refractivity contribution in [2.24, 2.45) is 0 Å². The smallest absolute Gasteiger partial charge is 0 e. The zero-order valence-electron chi connectivity index (χ0n) is 19.1. The summed E-state index contributed by atoms with van der Waals surface area (Å²) in [5.41, 5.74) is 2.67. The van der Waals surface area contributed by atoms with Crippen molar-refractivity contribution in [2.75, 3.05) is 0 Å². The van der Waals surface area contributed by atoms with Crippen LogP contribution in [-0.2, 0) is 29.5 Å². The van der Waals surface area contributed by atoms with Crippen molar-refractivity contribution in [3.8, 4) is 11.5 Å². The Kier molecular flexibility index (Phi) is 10.9. The van der Waals surface area contributed by atoms with Crippen molar-refractivity contribution in [3.63, 3.8) is 0 Å². The first-order chi connectivity index (χ1) is 14.3. The van der Waals surface area contributed by atoms with Crippen molar-refractivity contribution >= 4 is 28.0 Å². The van der Waals surface area contributed by atoms with Gasteiger partial charge in [-0.1, -0.05) is 113 Å². The monoisotopic (exact) mass is 532 g/mol. The summed E-state index contributed by atoms with van der Waals surface area (Å²) in [5.74, 6) is 2.27. The number of ether oxygens (including phenoxy) is 1. The maximum absolute atomic E-state index is 7.50. The van der Waals surface area contributed by atoms with Crippen LogP contribution in [-0.4, -0.2) is 17.6 Å². The molecule has 2 nitrogen and oxygen atoms in total. The van der Waals surface area contributed by atoms with Crippen LogP contribution < -0.4 is 15.1 Å². The molecule has 0 unspecified atom stereocenters. The van der Waals surface area contributed by atoms with Crippen LogP contribution in [0.2, 0.25) is 26.2 Å². The van der Waals surface area contributed by atoms with Crippen molar-refractivity contribution < 1.29 is 28.9 Å². The van der Waals surface area contributed by atoms with Crippen molar-refractivity contribution in [2.45, 2.75) is 45.5 Å². The van der Waals surface area contributed by atoms with Gasteiger partial charge in [-0.3, -0.25) is 0 Å². The predicted octanol–water partition coefficient (Wildman–Crippen LogP) is 5.69. The second kappa shape index (κ2) is 12.3. The van der Waals surface area contributed by atoms with Gasteiger partial charge >= 0.3 is 11.3 Å². The molecule has 162 valence electrons. The second-order valence-electron chi connectivity index (χ2n) is 8.25. The van der Waals surface area contributed by atoms with Gasteiger partial charge in [-0.2, -0.15) is 0 Å². The first-order valence-electron chi connectivity index (χ1n) is 10.1. The second-order valence-corrected chi connectivity index (χ2v) is 13.3. The Balaban J connectivity index is 0.000000456. The minimum atomic E-state index is -0.553. The minimum Gasteiger partial charge on any atom is -0.0623 e. The molecule has 0 aliphatic carbocycles. The Morgan fingerprint density at radius 3 is 1.26 bits per heavy atom. The average molecular weight is 532 g/mol. The molecule has 0 atom stereocenters. The topological polar surface area (TPSA) is 29.1 Å². The largest absolute Gasteiger partial charge is 0.0623 e. The summed E-state index contributed by atoms with van der Waals surface area (Å²) in [6, 6.07) is 25.4. The first kappa shape index (κ1) is 27.3. The average Bonchev–Trinajstić information content (AvgIpc) is 2.76. The molecule has 0 bridgehead atoms. The fourth-order valence-electron chi connectivity index (χ4n) is 3.70. The van der Waals surface area contributed by atoms with Crippen LogP contribution in [0.1, 0.15) is 25.0 Å². The molecule has 0 aromatic heterocycles. The summed E-state index contributed by atoms with van der Waals surface area (Å²) in [4.78, 5) is 0. The van der Waals surface area contributed by atoms with Gasteiger partial charge in [0.05, 0.1) is 17.6 Å². The SMILES string of the molecule is C[Si](C)c1cccc2c1Oc1c([Si](C)C)cccc1C2(C)C.[C-]#[O+].[Ru].c1ccccc1. The maximum Gasteiger partial charge on any atom is 0 e. The van der Waals surface area contributed by atoms with E-state index in [1.165, 1.54) is 21.5 Å². The Morgan fingerprint density at radius 2 is 0.968 bits per heavy atom. The van der Waals surface area contributed by atoms with E-state index in [2.05, 4.69) is 83.1 Å². The molecule has 3 aromatic carbocycles. The summed E-state index contributed by atoms with van der Waals surface area (Å²) < 4.78 is 14.0. The Labute approximate surface area is 203 Å². The number of fused-ring (bicyclic) bond motifs is 2. The van der Waals surface area contributed by atoms with Crippen LogP contribution in [0.25, 0.3) is 0 Å². The van der Waals surface area contributed by atoms with E-state index in [1.54, 1.807) is 0 Å². The fraction of sp³-hybridized carbons (Fsp3) is 0.269. The van der Waals surface area contributed by atoms with Crippen molar-refractivity contribution in [3.05, 3.63) is 90.6 Å². The van der Waals surface area contributed by atoms with Crippen LogP contribution in [0.4, 0.5) is 0 Å². The number of benzene rings is 3. The van der Waals surface area contributed by atoms with Gasteiger partial charge in [-0.25, -0.2) is 0 Å². The molecule has 0 saturated heterocycles. The minimum absolute atomic E-state index is 0. The third kappa shape index (κ3) is 6.16. The van der Waals surface area contributed by atoms with E-state index < -0.39 is 17.6 Å². The van der Waals surface area contributed by atoms with E-state index in [0.29, 0.717) is 0 Å². The number of para-hydroxylation sites is 2. The third-order valence-electron chi connectivity index (χ3n) is 5.32. The van der Waals surface area contributed by atoms with E-state index in [9.17, 15) is 0 Å². The zero-order valence-corrected chi connectivity index (χ0v) is 22.8. The van der Waals surface area contributed by atoms with Crippen LogP contribution in [0.5, 0.6) is 11.5 Å². The van der Waals surface area contributed by atoms with E-state index in [0.717, 1.165) is 11.5 Å². The molecule has 2 radical (unpaired) electrons. The summed E-state index contributed by atoms with van der Waals surface area (Å²) in [6.07, 6.45) is 0. The third-order valence-corrected chi connectivity index (χ3v) is 8.27. The van der Waals surface area contributed by atoms with Crippen molar-refractivity contribution in [1.82, 2.24) is 0 Å². The molecule has 3 aromatic rings. The molecule has 1 heterocycles. The molecule has 0 saturated carbocycles. The van der Waals surface area contributed by atoms with Gasteiger partial charge in [0.2, 0.25) is 0 Å². The van der Waals surface area contributed by atoms with Gasteiger partial charge in [0.15, 0.2) is 0 Å². The van der Waals surface area contributed by atoms with E-state index >= 15 is 0 Å². The molecular weight excluding hydrogens is 502 g/mol. The molecule has 0 amide bonds. The van der Waals surface area contributed by atoms with Crippen molar-refractivity contribution in [1.29, 1.82) is 0 Å². The Bertz CT molecular complexity index is 897. The number of rotatable bonds is 2. The molecular formula is C26H30O2RuSi2. The summed E-state index contributed by atoms with van der Waals surface area (Å²) >= 11 is 0. The summed E-state index contributed by atoms with van der Waals surface area (Å²) in [7, 11) is -1.11. The van der Waals surface area contributed by atoms with Gasteiger partial charge in [-0.05, 0) is 10.4 Å². The van der Waals surface area contributed by atoms with Crippen LogP contribution >= 0.6 is 0 Å². The Hall–Kier alpha value is -1.74. The van der Waals surface area contributed by atoms with Gasteiger partial charge in [-0.15, -0.1) is 0 Å². The molecule has 1 aliphatic heterocycles. The van der Waals surface area contributed by atoms with Gasteiger partial charge in [0.25, 0.3) is 0 Å². The summed E-state index contributed by atoms with van der Waals surface area (Å²) in [6.45, 7) is 18.5. The van der Waals surface area contributed by atoms with Crippen LogP contribution in [0.15, 0.2) is 72.8 Å². The molecule has 0 fully saturated rings.